The zero-order chi connectivity index (χ0) is 13.5. The van der Waals surface area contributed by atoms with Crippen LogP contribution in [0.2, 0.25) is 0 Å². The predicted molar refractivity (Wildman–Crippen MR) is 78.4 cm³/mol. The summed E-state index contributed by atoms with van der Waals surface area (Å²) in [7, 11) is -3.39. The average Bonchev–Trinajstić information content (AvgIpc) is 3.06. The first kappa shape index (κ1) is 12.7. The Labute approximate surface area is 117 Å². The Hall–Kier alpha value is -1.33. The number of fused-ring (bicyclic) bond motifs is 1. The first-order valence-electron chi connectivity index (χ1n) is 6.32. The summed E-state index contributed by atoms with van der Waals surface area (Å²) in [5, 5.41) is 0. The van der Waals surface area contributed by atoms with Crippen LogP contribution in [0.5, 0.6) is 0 Å². The third kappa shape index (κ3) is 2.07. The maximum atomic E-state index is 12.7. The lowest BCUT2D eigenvalue weighted by Crippen LogP contribution is -2.28. The lowest BCUT2D eigenvalue weighted by atomic mass is 10.2. The van der Waals surface area contributed by atoms with E-state index in [-0.39, 0.29) is 0 Å². The van der Waals surface area contributed by atoms with Crippen LogP contribution in [-0.2, 0) is 22.9 Å². The molecule has 0 atom stereocenters. The van der Waals surface area contributed by atoms with Gasteiger partial charge in [0.1, 0.15) is 4.21 Å². The summed E-state index contributed by atoms with van der Waals surface area (Å²) >= 11 is 1.37. The number of nitrogens with zero attached hydrogens (tertiary/aromatic N) is 1. The molecule has 1 aliphatic heterocycles. The molecule has 0 unspecified atom stereocenters. The van der Waals surface area contributed by atoms with Gasteiger partial charge in [-0.25, -0.2) is 8.42 Å². The second-order valence-electron chi connectivity index (χ2n) is 4.53. The van der Waals surface area contributed by atoms with E-state index >= 15 is 0 Å². The van der Waals surface area contributed by atoms with Crippen molar-refractivity contribution in [2.24, 2.45) is 0 Å². The number of hydrogen-bond acceptors (Lipinski definition) is 3. The first-order chi connectivity index (χ1) is 9.13. The van der Waals surface area contributed by atoms with Gasteiger partial charge in [0.25, 0.3) is 10.0 Å². The van der Waals surface area contributed by atoms with E-state index in [0.29, 0.717) is 10.8 Å². The summed E-state index contributed by atoms with van der Waals surface area (Å²) in [4.78, 5) is 1.10. The zero-order valence-corrected chi connectivity index (χ0v) is 12.3. The molecule has 1 aliphatic rings. The molecular formula is C14H15NO2S2. The monoisotopic (exact) mass is 293 g/mol. The Balaban J connectivity index is 2.03. The summed E-state index contributed by atoms with van der Waals surface area (Å²) < 4.78 is 27.3. The molecule has 1 aromatic heterocycles. The van der Waals surface area contributed by atoms with Crippen molar-refractivity contribution >= 4 is 27.0 Å². The Morgan fingerprint density at radius 2 is 2.00 bits per heavy atom. The van der Waals surface area contributed by atoms with Gasteiger partial charge in [-0.3, -0.25) is 4.31 Å². The molecule has 0 amide bonds. The molecular weight excluding hydrogens is 278 g/mol. The predicted octanol–water partition coefficient (Wildman–Crippen LogP) is 3.06. The number of thiophene rings is 1. The molecule has 100 valence electrons. The van der Waals surface area contributed by atoms with Crippen molar-refractivity contribution < 1.29 is 8.42 Å². The fourth-order valence-electron chi connectivity index (χ4n) is 2.35. The molecule has 1 aromatic carbocycles. The van der Waals surface area contributed by atoms with E-state index in [1.807, 2.05) is 37.3 Å². The van der Waals surface area contributed by atoms with Crippen LogP contribution < -0.4 is 4.31 Å². The largest absolute Gasteiger partial charge is 0.273 e. The molecule has 0 bridgehead atoms. The van der Waals surface area contributed by atoms with Gasteiger partial charge in [0.2, 0.25) is 0 Å². The number of sulfonamides is 1. The van der Waals surface area contributed by atoms with Gasteiger partial charge in [0, 0.05) is 11.4 Å². The van der Waals surface area contributed by atoms with Gasteiger partial charge in [-0.2, -0.15) is 0 Å². The molecule has 0 radical (unpaired) electrons. The summed E-state index contributed by atoms with van der Waals surface area (Å²) in [6, 6.07) is 11.3. The minimum atomic E-state index is -3.39. The van der Waals surface area contributed by atoms with Gasteiger partial charge in [0.15, 0.2) is 0 Å². The normalized spacial score (nSPS) is 14.7. The molecule has 0 N–H and O–H groups in total. The maximum Gasteiger partial charge on any atom is 0.273 e. The number of aryl methyl sites for hydroxylation is 1. The van der Waals surface area contributed by atoms with Crippen LogP contribution in [0.1, 0.15) is 17.4 Å². The fraction of sp³-hybridized carbons (Fsp3) is 0.286. The fourth-order valence-corrected chi connectivity index (χ4v) is 5.27. The van der Waals surface area contributed by atoms with Crippen LogP contribution in [0.3, 0.4) is 0 Å². The van der Waals surface area contributed by atoms with Crippen LogP contribution in [0.4, 0.5) is 5.69 Å². The number of hydrogen-bond donors (Lipinski definition) is 0. The number of anilines is 1. The first-order valence-corrected chi connectivity index (χ1v) is 8.58. The van der Waals surface area contributed by atoms with Gasteiger partial charge in [0.05, 0.1) is 5.69 Å². The third-order valence-electron chi connectivity index (χ3n) is 3.37. The van der Waals surface area contributed by atoms with Crippen molar-refractivity contribution in [1.29, 1.82) is 0 Å². The average molecular weight is 293 g/mol. The third-order valence-corrected chi connectivity index (χ3v) is 6.88. The van der Waals surface area contributed by atoms with Crippen LogP contribution in [-0.4, -0.2) is 15.0 Å². The van der Waals surface area contributed by atoms with E-state index in [0.717, 1.165) is 29.0 Å². The molecule has 0 saturated heterocycles. The summed E-state index contributed by atoms with van der Waals surface area (Å²) in [5.74, 6) is 0. The van der Waals surface area contributed by atoms with Crippen LogP contribution in [0, 0.1) is 0 Å². The Kier molecular flexibility index (Phi) is 3.11. The van der Waals surface area contributed by atoms with Crippen molar-refractivity contribution in [2.75, 3.05) is 10.8 Å². The smallest absolute Gasteiger partial charge is 0.265 e. The highest BCUT2D eigenvalue weighted by Gasteiger charge is 2.31. The zero-order valence-electron chi connectivity index (χ0n) is 10.7. The Morgan fingerprint density at radius 1 is 1.21 bits per heavy atom. The summed E-state index contributed by atoms with van der Waals surface area (Å²) in [6.07, 6.45) is 1.66. The second kappa shape index (κ2) is 4.65. The van der Waals surface area contributed by atoms with Gasteiger partial charge in [-0.05, 0) is 36.6 Å². The van der Waals surface area contributed by atoms with Gasteiger partial charge in [-0.15, -0.1) is 11.3 Å². The van der Waals surface area contributed by atoms with Crippen molar-refractivity contribution in [3.8, 4) is 0 Å². The second-order valence-corrected chi connectivity index (χ2v) is 7.79. The molecule has 5 heteroatoms. The molecule has 2 heterocycles. The SMILES string of the molecule is CCc1ccc(S(=O)(=O)N2CCc3ccccc32)s1. The molecule has 0 fully saturated rings. The topological polar surface area (TPSA) is 37.4 Å². The number of benzene rings is 1. The lowest BCUT2D eigenvalue weighted by molar-refractivity contribution is 0.594. The number of rotatable bonds is 3. The van der Waals surface area contributed by atoms with Crippen molar-refractivity contribution in [3.63, 3.8) is 0 Å². The quantitative estimate of drug-likeness (QED) is 0.872. The van der Waals surface area contributed by atoms with E-state index in [4.69, 9.17) is 0 Å². The number of para-hydroxylation sites is 1. The van der Waals surface area contributed by atoms with E-state index in [2.05, 4.69) is 0 Å². The van der Waals surface area contributed by atoms with Gasteiger partial charge in [-0.1, -0.05) is 25.1 Å². The molecule has 3 rings (SSSR count). The van der Waals surface area contributed by atoms with E-state index in [1.54, 1.807) is 6.07 Å². The van der Waals surface area contributed by atoms with E-state index < -0.39 is 10.0 Å². The Bertz CT molecular complexity index is 704. The summed E-state index contributed by atoms with van der Waals surface area (Å²) in [5.41, 5.74) is 1.94. The highest BCUT2D eigenvalue weighted by atomic mass is 32.2. The minimum Gasteiger partial charge on any atom is -0.265 e. The standard InChI is InChI=1S/C14H15NO2S2/c1-2-12-7-8-14(18-12)19(16,17)15-10-9-11-5-3-4-6-13(11)15/h3-8H,2,9-10H2,1H3. The summed E-state index contributed by atoms with van der Waals surface area (Å²) in [6.45, 7) is 2.58. The Morgan fingerprint density at radius 3 is 2.74 bits per heavy atom. The van der Waals surface area contributed by atoms with Crippen LogP contribution in [0.25, 0.3) is 0 Å². The van der Waals surface area contributed by atoms with Crippen molar-refractivity contribution in [1.82, 2.24) is 0 Å². The molecule has 2 aromatic rings. The van der Waals surface area contributed by atoms with Crippen molar-refractivity contribution in [2.45, 2.75) is 24.0 Å². The van der Waals surface area contributed by atoms with Gasteiger partial charge >= 0.3 is 0 Å². The molecule has 0 spiro atoms. The minimum absolute atomic E-state index is 0.445. The highest BCUT2D eigenvalue weighted by molar-refractivity contribution is 7.94. The molecule has 3 nitrogen and oxygen atoms in total. The van der Waals surface area contributed by atoms with Crippen LogP contribution in [0.15, 0.2) is 40.6 Å². The van der Waals surface area contributed by atoms with Crippen LogP contribution >= 0.6 is 11.3 Å². The lowest BCUT2D eigenvalue weighted by Gasteiger charge is -2.18. The maximum absolute atomic E-state index is 12.7. The van der Waals surface area contributed by atoms with E-state index in [1.165, 1.54) is 15.6 Å². The van der Waals surface area contributed by atoms with Crippen molar-refractivity contribution in [3.05, 3.63) is 46.8 Å². The molecule has 0 aliphatic carbocycles. The van der Waals surface area contributed by atoms with E-state index in [9.17, 15) is 8.42 Å². The molecule has 19 heavy (non-hydrogen) atoms. The van der Waals surface area contributed by atoms with Gasteiger partial charge < -0.3 is 0 Å². The molecule has 0 saturated carbocycles. The highest BCUT2D eigenvalue weighted by Crippen LogP contribution is 2.34.